The van der Waals surface area contributed by atoms with E-state index >= 15 is 0 Å². The molecule has 0 saturated carbocycles. The molecule has 5 nitrogen and oxygen atoms in total. The van der Waals surface area contributed by atoms with Gasteiger partial charge in [0.25, 0.3) is 5.56 Å². The van der Waals surface area contributed by atoms with Crippen LogP contribution in [0.1, 0.15) is 42.9 Å². The lowest BCUT2D eigenvalue weighted by Crippen LogP contribution is -2.35. The van der Waals surface area contributed by atoms with E-state index in [1.54, 1.807) is 6.07 Å². The minimum Gasteiger partial charge on any atom is -0.378 e. The summed E-state index contributed by atoms with van der Waals surface area (Å²) in [6.07, 6.45) is -1.88. The third kappa shape index (κ3) is 4.92. The number of benzene rings is 1. The second kappa shape index (κ2) is 9.37. The molecular formula is C23H23ClF3NO4. The van der Waals surface area contributed by atoms with E-state index in [0.29, 0.717) is 46.6 Å². The van der Waals surface area contributed by atoms with Crippen molar-refractivity contribution in [2.24, 2.45) is 0 Å². The van der Waals surface area contributed by atoms with Gasteiger partial charge in [0.1, 0.15) is 6.29 Å². The molecule has 2 aromatic rings. The molecule has 3 heterocycles. The normalized spacial score (nSPS) is 22.2. The molecule has 172 valence electrons. The first-order valence-electron chi connectivity index (χ1n) is 10.6. The van der Waals surface area contributed by atoms with Gasteiger partial charge in [-0.25, -0.2) is 0 Å². The number of aromatic nitrogens is 1. The zero-order valence-corrected chi connectivity index (χ0v) is 18.0. The number of halogens is 4. The van der Waals surface area contributed by atoms with Crippen LogP contribution in [0.4, 0.5) is 13.2 Å². The molecular weight excluding hydrogens is 447 g/mol. The largest absolute Gasteiger partial charge is 0.414 e. The van der Waals surface area contributed by atoms with Gasteiger partial charge in [-0.3, -0.25) is 4.79 Å². The Morgan fingerprint density at radius 3 is 2.62 bits per heavy atom. The molecule has 9 heteroatoms. The van der Waals surface area contributed by atoms with Crippen LogP contribution >= 0.6 is 11.6 Å². The van der Waals surface area contributed by atoms with Crippen LogP contribution in [0.25, 0.3) is 11.1 Å². The van der Waals surface area contributed by atoms with Crippen LogP contribution in [0.5, 0.6) is 0 Å². The van der Waals surface area contributed by atoms with Crippen molar-refractivity contribution in [2.45, 2.75) is 63.1 Å². The number of rotatable bonds is 4. The third-order valence-electron chi connectivity index (χ3n) is 6.03. The van der Waals surface area contributed by atoms with Crippen LogP contribution in [-0.2, 0) is 27.3 Å². The van der Waals surface area contributed by atoms with Crippen molar-refractivity contribution < 1.29 is 27.4 Å². The smallest absolute Gasteiger partial charge is 0.378 e. The summed E-state index contributed by atoms with van der Waals surface area (Å²) in [4.78, 5) is 24.8. The molecule has 2 aliphatic heterocycles. The van der Waals surface area contributed by atoms with Crippen LogP contribution in [0, 0.1) is 0 Å². The molecule has 1 aromatic carbocycles. The maximum absolute atomic E-state index is 13.5. The number of fused-ring (bicyclic) bond motifs is 3. The molecule has 0 N–H and O–H groups in total. The molecule has 1 aromatic heterocycles. The van der Waals surface area contributed by atoms with Crippen LogP contribution in [0.3, 0.4) is 0 Å². The first-order chi connectivity index (χ1) is 15.3. The van der Waals surface area contributed by atoms with Crippen molar-refractivity contribution in [3.63, 3.8) is 0 Å². The highest BCUT2D eigenvalue weighted by atomic mass is 35.5. The molecule has 0 aliphatic carbocycles. The molecule has 1 saturated heterocycles. The number of ether oxygens (including phenoxy) is 2. The van der Waals surface area contributed by atoms with E-state index in [9.17, 15) is 22.8 Å². The van der Waals surface area contributed by atoms with Crippen molar-refractivity contribution in [3.05, 3.63) is 57.0 Å². The van der Waals surface area contributed by atoms with Gasteiger partial charge in [0.15, 0.2) is 6.10 Å². The summed E-state index contributed by atoms with van der Waals surface area (Å²) in [5, 5.41) is 0.351. The average molecular weight is 470 g/mol. The zero-order chi connectivity index (χ0) is 22.9. The topological polar surface area (TPSA) is 57.5 Å². The Hall–Kier alpha value is -2.16. The molecule has 0 bridgehead atoms. The highest BCUT2D eigenvalue weighted by molar-refractivity contribution is 6.30. The number of carbonyl (C=O) groups excluding carboxylic acids is 1. The first kappa shape index (κ1) is 23.0. The quantitative estimate of drug-likeness (QED) is 0.599. The number of pyridine rings is 1. The number of hydrogen-bond donors (Lipinski definition) is 0. The zero-order valence-electron chi connectivity index (χ0n) is 17.2. The van der Waals surface area contributed by atoms with Gasteiger partial charge >= 0.3 is 6.18 Å². The highest BCUT2D eigenvalue weighted by Gasteiger charge is 2.42. The molecule has 4 rings (SSSR count). The van der Waals surface area contributed by atoms with Crippen LogP contribution in [0.2, 0.25) is 5.02 Å². The van der Waals surface area contributed by atoms with E-state index in [-0.39, 0.29) is 19.1 Å². The molecule has 0 radical (unpaired) electrons. The summed E-state index contributed by atoms with van der Waals surface area (Å²) < 4.78 is 52.8. The number of alkyl halides is 3. The van der Waals surface area contributed by atoms with Gasteiger partial charge in [-0.2, -0.15) is 13.2 Å². The number of aldehydes is 1. The monoisotopic (exact) mass is 469 g/mol. The summed E-state index contributed by atoms with van der Waals surface area (Å²) in [6.45, 7) is 0.261. The average Bonchev–Trinajstić information content (AvgIpc) is 2.75. The van der Waals surface area contributed by atoms with Crippen molar-refractivity contribution in [2.75, 3.05) is 6.61 Å². The van der Waals surface area contributed by atoms with Gasteiger partial charge in [0.05, 0.1) is 18.8 Å². The van der Waals surface area contributed by atoms with Gasteiger partial charge in [-0.1, -0.05) is 17.7 Å². The minimum absolute atomic E-state index is 0.141. The van der Waals surface area contributed by atoms with E-state index in [2.05, 4.69) is 0 Å². The summed E-state index contributed by atoms with van der Waals surface area (Å²) in [7, 11) is 0. The Kier molecular flexibility index (Phi) is 6.74. The van der Waals surface area contributed by atoms with E-state index < -0.39 is 23.9 Å². The maximum Gasteiger partial charge on any atom is 0.414 e. The Morgan fingerprint density at radius 2 is 1.94 bits per heavy atom. The summed E-state index contributed by atoms with van der Waals surface area (Å²) >= 11 is 6.12. The van der Waals surface area contributed by atoms with Crippen molar-refractivity contribution >= 4 is 17.9 Å². The summed E-state index contributed by atoms with van der Waals surface area (Å²) in [5.74, 6) is 0. The van der Waals surface area contributed by atoms with Crippen LogP contribution in [-0.4, -0.2) is 35.8 Å². The predicted molar refractivity (Wildman–Crippen MR) is 113 cm³/mol. The SMILES string of the molecule is O=CC(CC1CCCCO1)n1cc2c(cc1=O)-c1cc(Cl)ccc1CC(C(F)(F)F)OC2. The fraction of sp³-hybridized carbons (Fsp3) is 0.478. The summed E-state index contributed by atoms with van der Waals surface area (Å²) in [5.41, 5.74) is 1.28. The number of nitrogens with zero attached hydrogens (tertiary/aromatic N) is 1. The van der Waals surface area contributed by atoms with Gasteiger partial charge in [-0.05, 0) is 48.1 Å². The second-order valence-corrected chi connectivity index (χ2v) is 8.67. The van der Waals surface area contributed by atoms with Crippen molar-refractivity contribution in [3.8, 4) is 11.1 Å². The van der Waals surface area contributed by atoms with Crippen molar-refractivity contribution in [1.29, 1.82) is 0 Å². The fourth-order valence-electron chi connectivity index (χ4n) is 4.35. The molecule has 3 atom stereocenters. The van der Waals surface area contributed by atoms with Crippen LogP contribution < -0.4 is 5.56 Å². The molecule has 0 amide bonds. The molecule has 1 fully saturated rings. The molecule has 2 aliphatic rings. The predicted octanol–water partition coefficient (Wildman–Crippen LogP) is 4.87. The van der Waals surface area contributed by atoms with Gasteiger partial charge < -0.3 is 18.8 Å². The number of carbonyl (C=O) groups is 1. The highest BCUT2D eigenvalue weighted by Crippen LogP contribution is 2.36. The summed E-state index contributed by atoms with van der Waals surface area (Å²) in [6, 6.07) is 5.17. The van der Waals surface area contributed by atoms with Gasteiger partial charge in [0.2, 0.25) is 0 Å². The van der Waals surface area contributed by atoms with E-state index in [0.717, 1.165) is 19.3 Å². The lowest BCUT2D eigenvalue weighted by Gasteiger charge is -2.28. The Bertz CT molecular complexity index is 1050. The third-order valence-corrected chi connectivity index (χ3v) is 6.26. The van der Waals surface area contributed by atoms with Gasteiger partial charge in [0, 0.05) is 42.3 Å². The maximum atomic E-state index is 13.5. The standard InChI is InChI=1S/C23H23ClF3NO4/c24-16-5-4-14-7-21(23(25,26)27)32-13-15-11-28(22(30)10-20(15)19(14)8-16)17(12-29)9-18-3-1-2-6-31-18/h4-5,8,10-12,17-18,21H,1-3,6-7,9,13H2. The van der Waals surface area contributed by atoms with Gasteiger partial charge in [-0.15, -0.1) is 0 Å². The fourth-order valence-corrected chi connectivity index (χ4v) is 4.52. The first-order valence-corrected chi connectivity index (χ1v) is 10.9. The van der Waals surface area contributed by atoms with Crippen LogP contribution in [0.15, 0.2) is 35.3 Å². The number of hydrogen-bond acceptors (Lipinski definition) is 4. The Morgan fingerprint density at radius 1 is 1.16 bits per heavy atom. The molecule has 32 heavy (non-hydrogen) atoms. The Labute approximate surface area is 188 Å². The van der Waals surface area contributed by atoms with E-state index in [4.69, 9.17) is 21.1 Å². The second-order valence-electron chi connectivity index (χ2n) is 8.23. The minimum atomic E-state index is -4.55. The lowest BCUT2D eigenvalue weighted by molar-refractivity contribution is -0.223. The molecule has 3 unspecified atom stereocenters. The lowest BCUT2D eigenvalue weighted by atomic mass is 9.92. The molecule has 0 spiro atoms. The van der Waals surface area contributed by atoms with Crippen molar-refractivity contribution in [1.82, 2.24) is 4.57 Å². The Balaban J connectivity index is 1.76. The van der Waals surface area contributed by atoms with E-state index in [1.807, 2.05) is 0 Å². The van der Waals surface area contributed by atoms with E-state index in [1.165, 1.54) is 29.0 Å².